The van der Waals surface area contributed by atoms with Crippen molar-refractivity contribution in [3.8, 4) is 0 Å². The number of hydrogen-bond donors (Lipinski definition) is 3. The van der Waals surface area contributed by atoms with Gasteiger partial charge < -0.3 is 25.8 Å². The van der Waals surface area contributed by atoms with Gasteiger partial charge in [0.15, 0.2) is 0 Å². The summed E-state index contributed by atoms with van der Waals surface area (Å²) in [5.41, 5.74) is 7.85. The number of carbonyl (C=O) groups excluding carboxylic acids is 1. The quantitative estimate of drug-likeness (QED) is 0.459. The van der Waals surface area contributed by atoms with E-state index < -0.39 is 0 Å². The standard InChI is InChI=1S/C19H30ClN3O3/c1-3-15(18-16(7-12-26-18)17(21)13(2)20)19(25)22-14-5-9-23(10-6-14)8-4-11-24/h3,13-14,24H,1,4-12,21H2,2H3,(H,22,25)/b17-16+,18-15-. The minimum Gasteiger partial charge on any atom is -0.492 e. The van der Waals surface area contributed by atoms with Gasteiger partial charge in [0.1, 0.15) is 5.76 Å². The molecule has 6 nitrogen and oxygen atoms in total. The third-order valence-electron chi connectivity index (χ3n) is 4.90. The Hall–Kier alpha value is -1.50. The molecule has 0 aromatic carbocycles. The largest absolute Gasteiger partial charge is 0.492 e. The molecule has 7 heteroatoms. The highest BCUT2D eigenvalue weighted by molar-refractivity contribution is 6.22. The summed E-state index contributed by atoms with van der Waals surface area (Å²) < 4.78 is 5.68. The van der Waals surface area contributed by atoms with E-state index in [-0.39, 0.29) is 23.9 Å². The van der Waals surface area contributed by atoms with Crippen molar-refractivity contribution >= 4 is 17.5 Å². The van der Waals surface area contributed by atoms with E-state index in [4.69, 9.17) is 27.2 Å². The van der Waals surface area contributed by atoms with Crippen LogP contribution in [0, 0.1) is 0 Å². The van der Waals surface area contributed by atoms with E-state index in [0.717, 1.165) is 44.5 Å². The summed E-state index contributed by atoms with van der Waals surface area (Å²) in [6, 6.07) is 0.126. The van der Waals surface area contributed by atoms with Crippen LogP contribution >= 0.6 is 11.6 Å². The van der Waals surface area contributed by atoms with E-state index in [1.165, 1.54) is 6.08 Å². The molecule has 0 aromatic rings. The van der Waals surface area contributed by atoms with Gasteiger partial charge in [-0.15, -0.1) is 11.6 Å². The van der Waals surface area contributed by atoms with Crippen LogP contribution in [0.25, 0.3) is 0 Å². The van der Waals surface area contributed by atoms with Crippen molar-refractivity contribution in [2.75, 3.05) is 32.8 Å². The van der Waals surface area contributed by atoms with Gasteiger partial charge in [0.25, 0.3) is 5.91 Å². The van der Waals surface area contributed by atoms with Crippen molar-refractivity contribution < 1.29 is 14.6 Å². The van der Waals surface area contributed by atoms with Crippen LogP contribution in [0.5, 0.6) is 0 Å². The number of ether oxygens (including phenoxy) is 1. The van der Waals surface area contributed by atoms with Crippen LogP contribution in [0.3, 0.4) is 0 Å². The third-order valence-corrected chi connectivity index (χ3v) is 5.13. The summed E-state index contributed by atoms with van der Waals surface area (Å²) in [6.07, 6.45) is 4.74. The number of alkyl halides is 1. The number of aliphatic hydroxyl groups excluding tert-OH is 1. The van der Waals surface area contributed by atoms with E-state index >= 15 is 0 Å². The molecule has 2 aliphatic heterocycles. The summed E-state index contributed by atoms with van der Waals surface area (Å²) in [5, 5.41) is 11.7. The Morgan fingerprint density at radius 3 is 2.81 bits per heavy atom. The molecule has 0 radical (unpaired) electrons. The molecule has 0 saturated carbocycles. The lowest BCUT2D eigenvalue weighted by Crippen LogP contribution is -2.45. The molecule has 0 aliphatic carbocycles. The molecule has 1 atom stereocenters. The average molecular weight is 384 g/mol. The van der Waals surface area contributed by atoms with Gasteiger partial charge in [-0.05, 0) is 26.2 Å². The fraction of sp³-hybridized carbons (Fsp3) is 0.632. The molecule has 2 rings (SSSR count). The lowest BCUT2D eigenvalue weighted by molar-refractivity contribution is -0.118. The summed E-state index contributed by atoms with van der Waals surface area (Å²) >= 11 is 6.10. The Kier molecular flexibility index (Phi) is 8.00. The van der Waals surface area contributed by atoms with E-state index in [9.17, 15) is 4.79 Å². The van der Waals surface area contributed by atoms with Crippen molar-refractivity contribution in [3.05, 3.63) is 35.3 Å². The number of amides is 1. The predicted octanol–water partition coefficient (Wildman–Crippen LogP) is 1.65. The Balaban J connectivity index is 2.03. The number of carbonyl (C=O) groups is 1. The molecule has 2 fully saturated rings. The zero-order valence-corrected chi connectivity index (χ0v) is 16.2. The monoisotopic (exact) mass is 383 g/mol. The summed E-state index contributed by atoms with van der Waals surface area (Å²) in [7, 11) is 0. The summed E-state index contributed by atoms with van der Waals surface area (Å²) in [6.45, 7) is 9.02. The number of rotatable bonds is 7. The maximum Gasteiger partial charge on any atom is 0.255 e. The molecule has 146 valence electrons. The molecule has 1 unspecified atom stereocenters. The molecule has 2 aliphatic rings. The average Bonchev–Trinajstić information content (AvgIpc) is 3.10. The van der Waals surface area contributed by atoms with E-state index in [0.29, 0.717) is 30.1 Å². The highest BCUT2D eigenvalue weighted by atomic mass is 35.5. The van der Waals surface area contributed by atoms with Crippen LogP contribution in [-0.4, -0.2) is 60.2 Å². The highest BCUT2D eigenvalue weighted by Gasteiger charge is 2.28. The maximum absolute atomic E-state index is 12.8. The lowest BCUT2D eigenvalue weighted by atomic mass is 10.0. The number of piperidine rings is 1. The van der Waals surface area contributed by atoms with Crippen molar-refractivity contribution in [2.45, 2.75) is 44.0 Å². The van der Waals surface area contributed by atoms with Gasteiger partial charge in [0, 0.05) is 50.0 Å². The van der Waals surface area contributed by atoms with Gasteiger partial charge in [0.05, 0.1) is 17.6 Å². The highest BCUT2D eigenvalue weighted by Crippen LogP contribution is 2.31. The first kappa shape index (κ1) is 20.8. The van der Waals surface area contributed by atoms with E-state index in [1.807, 2.05) is 0 Å². The smallest absolute Gasteiger partial charge is 0.255 e. The fourth-order valence-corrected chi connectivity index (χ4v) is 3.49. The second-order valence-electron chi connectivity index (χ2n) is 6.76. The normalized spacial score (nSPS) is 24.0. The van der Waals surface area contributed by atoms with Gasteiger partial charge in [-0.25, -0.2) is 0 Å². The zero-order valence-electron chi connectivity index (χ0n) is 15.5. The second kappa shape index (κ2) is 10.00. The third kappa shape index (κ3) is 5.25. The van der Waals surface area contributed by atoms with E-state index in [1.54, 1.807) is 6.92 Å². The first-order chi connectivity index (χ1) is 12.5. The molecule has 0 aromatic heterocycles. The number of aliphatic hydroxyl groups is 1. The molecule has 26 heavy (non-hydrogen) atoms. The first-order valence-corrected chi connectivity index (χ1v) is 9.68. The van der Waals surface area contributed by atoms with Crippen LogP contribution in [0.2, 0.25) is 0 Å². The van der Waals surface area contributed by atoms with Crippen molar-refractivity contribution in [2.24, 2.45) is 5.73 Å². The number of nitrogens with two attached hydrogens (primary N) is 1. The Labute approximate surface area is 160 Å². The van der Waals surface area contributed by atoms with Crippen LogP contribution in [0.15, 0.2) is 35.3 Å². The van der Waals surface area contributed by atoms with Crippen LogP contribution < -0.4 is 11.1 Å². The molecular formula is C19H30ClN3O3. The minimum atomic E-state index is -0.320. The van der Waals surface area contributed by atoms with E-state index in [2.05, 4.69) is 16.8 Å². The number of halogens is 1. The van der Waals surface area contributed by atoms with Crippen LogP contribution in [0.1, 0.15) is 32.6 Å². The minimum absolute atomic E-state index is 0.126. The maximum atomic E-state index is 12.8. The molecule has 2 heterocycles. The zero-order chi connectivity index (χ0) is 19.1. The number of hydrogen-bond acceptors (Lipinski definition) is 5. The summed E-state index contributed by atoms with van der Waals surface area (Å²) in [5.74, 6) is 0.320. The van der Waals surface area contributed by atoms with Gasteiger partial charge in [-0.3, -0.25) is 4.79 Å². The van der Waals surface area contributed by atoms with Gasteiger partial charge in [0.2, 0.25) is 0 Å². The lowest BCUT2D eigenvalue weighted by Gasteiger charge is -2.32. The SMILES string of the molecule is C=C/C(C(=O)NC1CCN(CCCO)CC1)=C1/OCC/C1=C(\N)C(C)Cl. The van der Waals surface area contributed by atoms with Crippen molar-refractivity contribution in [1.29, 1.82) is 0 Å². The Bertz CT molecular complexity index is 579. The van der Waals surface area contributed by atoms with Crippen LogP contribution in [0.4, 0.5) is 0 Å². The number of nitrogens with zero attached hydrogens (tertiary/aromatic N) is 1. The molecular weight excluding hydrogens is 354 g/mol. The molecule has 2 saturated heterocycles. The molecule has 4 N–H and O–H groups in total. The van der Waals surface area contributed by atoms with Crippen molar-refractivity contribution in [3.63, 3.8) is 0 Å². The second-order valence-corrected chi connectivity index (χ2v) is 7.42. The predicted molar refractivity (Wildman–Crippen MR) is 104 cm³/mol. The number of likely N-dealkylation sites (tertiary alicyclic amines) is 1. The number of allylic oxidation sites excluding steroid dienone is 2. The van der Waals surface area contributed by atoms with Gasteiger partial charge in [-0.2, -0.15) is 0 Å². The first-order valence-electron chi connectivity index (χ1n) is 9.24. The molecule has 0 bridgehead atoms. The van der Waals surface area contributed by atoms with Gasteiger partial charge in [-0.1, -0.05) is 12.7 Å². The Morgan fingerprint density at radius 2 is 2.23 bits per heavy atom. The fourth-order valence-electron chi connectivity index (χ4n) is 3.36. The Morgan fingerprint density at radius 1 is 1.54 bits per heavy atom. The topological polar surface area (TPSA) is 87.8 Å². The van der Waals surface area contributed by atoms with Crippen molar-refractivity contribution in [1.82, 2.24) is 10.2 Å². The number of nitrogens with one attached hydrogen (secondary N) is 1. The summed E-state index contributed by atoms with van der Waals surface area (Å²) in [4.78, 5) is 15.1. The molecule has 0 spiro atoms. The van der Waals surface area contributed by atoms with Crippen LogP contribution in [-0.2, 0) is 9.53 Å². The van der Waals surface area contributed by atoms with Gasteiger partial charge >= 0.3 is 0 Å². The molecule has 1 amide bonds.